The highest BCUT2D eigenvalue weighted by atomic mass is 32.2. The van der Waals surface area contributed by atoms with Gasteiger partial charge in [0, 0.05) is 23.6 Å². The van der Waals surface area contributed by atoms with E-state index < -0.39 is 11.8 Å². The molecule has 0 bridgehead atoms. The molecule has 26 heavy (non-hydrogen) atoms. The van der Waals surface area contributed by atoms with Gasteiger partial charge in [0.2, 0.25) is 0 Å². The van der Waals surface area contributed by atoms with Crippen molar-refractivity contribution in [1.82, 2.24) is 15.1 Å². The summed E-state index contributed by atoms with van der Waals surface area (Å²) in [6.07, 6.45) is 0.840. The molecule has 2 aromatic rings. The zero-order chi connectivity index (χ0) is 18.7. The van der Waals surface area contributed by atoms with Crippen molar-refractivity contribution in [2.45, 2.75) is 38.7 Å². The van der Waals surface area contributed by atoms with Crippen LogP contribution in [0.5, 0.6) is 0 Å². The van der Waals surface area contributed by atoms with E-state index in [9.17, 15) is 9.59 Å². The van der Waals surface area contributed by atoms with Crippen LogP contribution < -0.4 is 10.6 Å². The van der Waals surface area contributed by atoms with E-state index in [2.05, 4.69) is 29.6 Å². The van der Waals surface area contributed by atoms with E-state index in [1.807, 2.05) is 31.2 Å². The van der Waals surface area contributed by atoms with Crippen LogP contribution in [0.1, 0.15) is 37.1 Å². The molecular formula is C19H24N4O2S. The third-order valence-electron chi connectivity index (χ3n) is 4.24. The Hall–Kier alpha value is -2.28. The van der Waals surface area contributed by atoms with Gasteiger partial charge in [0.05, 0.1) is 11.4 Å². The molecule has 0 radical (unpaired) electrons. The van der Waals surface area contributed by atoms with E-state index in [1.165, 1.54) is 0 Å². The lowest BCUT2D eigenvalue weighted by Gasteiger charge is -2.12. The lowest BCUT2D eigenvalue weighted by Crippen LogP contribution is -2.36. The highest BCUT2D eigenvalue weighted by Crippen LogP contribution is 2.36. The number of aromatic nitrogens is 2. The number of nitrogens with zero attached hydrogens (tertiary/aromatic N) is 2. The van der Waals surface area contributed by atoms with Gasteiger partial charge in [-0.3, -0.25) is 9.59 Å². The predicted molar refractivity (Wildman–Crippen MR) is 104 cm³/mol. The van der Waals surface area contributed by atoms with Crippen molar-refractivity contribution < 1.29 is 9.59 Å². The van der Waals surface area contributed by atoms with Crippen LogP contribution in [0, 0.1) is 12.8 Å². The van der Waals surface area contributed by atoms with Crippen molar-refractivity contribution in [1.29, 1.82) is 0 Å². The summed E-state index contributed by atoms with van der Waals surface area (Å²) in [4.78, 5) is 24.5. The molecule has 3 rings (SSSR count). The Morgan fingerprint density at radius 1 is 1.27 bits per heavy atom. The molecule has 2 heterocycles. The monoisotopic (exact) mass is 372 g/mol. The van der Waals surface area contributed by atoms with E-state index >= 15 is 0 Å². The topological polar surface area (TPSA) is 76.0 Å². The van der Waals surface area contributed by atoms with Crippen LogP contribution in [0.2, 0.25) is 0 Å². The Labute approximate surface area is 157 Å². The molecule has 0 atom stereocenters. The minimum atomic E-state index is -0.651. The standard InChI is InChI=1S/C19H24N4O2S/c1-12(2)7-8-20-18(24)19(25)21-17-15-10-26-11-16(15)22-23(17)14-6-4-5-13(3)9-14/h4-6,9,12H,7-8,10-11H2,1-3H3,(H,20,24)(H,21,25). The molecule has 6 nitrogen and oxygen atoms in total. The number of anilines is 1. The van der Waals surface area contributed by atoms with E-state index in [-0.39, 0.29) is 0 Å². The number of aryl methyl sites for hydroxylation is 1. The number of carbonyl (C=O) groups excluding carboxylic acids is 2. The van der Waals surface area contributed by atoms with Crippen molar-refractivity contribution in [3.8, 4) is 5.69 Å². The third kappa shape index (κ3) is 4.09. The number of nitrogens with one attached hydrogen (secondary N) is 2. The fourth-order valence-corrected chi connectivity index (χ4v) is 3.84. The number of thioether (sulfide) groups is 1. The number of hydrogen-bond acceptors (Lipinski definition) is 4. The van der Waals surface area contributed by atoms with Crippen LogP contribution in [0.3, 0.4) is 0 Å². The highest BCUT2D eigenvalue weighted by Gasteiger charge is 2.26. The average molecular weight is 372 g/mol. The molecule has 138 valence electrons. The molecule has 0 saturated heterocycles. The minimum Gasteiger partial charge on any atom is -0.348 e. The lowest BCUT2D eigenvalue weighted by molar-refractivity contribution is -0.136. The van der Waals surface area contributed by atoms with Gasteiger partial charge in [-0.15, -0.1) is 0 Å². The van der Waals surface area contributed by atoms with Crippen molar-refractivity contribution in [2.24, 2.45) is 5.92 Å². The zero-order valence-electron chi connectivity index (χ0n) is 15.3. The Kier molecular flexibility index (Phi) is 5.66. The molecule has 1 aromatic carbocycles. The van der Waals surface area contributed by atoms with E-state index in [0.29, 0.717) is 18.3 Å². The van der Waals surface area contributed by atoms with Crippen LogP contribution in [-0.4, -0.2) is 28.1 Å². The minimum absolute atomic E-state index is 0.474. The highest BCUT2D eigenvalue weighted by molar-refractivity contribution is 7.98. The van der Waals surface area contributed by atoms with Crippen molar-refractivity contribution in [3.05, 3.63) is 41.1 Å². The molecule has 1 aromatic heterocycles. The van der Waals surface area contributed by atoms with Crippen molar-refractivity contribution in [3.63, 3.8) is 0 Å². The van der Waals surface area contributed by atoms with Crippen LogP contribution in [0.4, 0.5) is 5.82 Å². The summed E-state index contributed by atoms with van der Waals surface area (Å²) in [5.74, 6) is 1.41. The summed E-state index contributed by atoms with van der Waals surface area (Å²) in [6, 6.07) is 7.92. The van der Waals surface area contributed by atoms with Crippen LogP contribution in [-0.2, 0) is 21.1 Å². The smallest absolute Gasteiger partial charge is 0.314 e. The molecule has 0 fully saturated rings. The maximum Gasteiger partial charge on any atom is 0.314 e. The van der Waals surface area contributed by atoms with Gasteiger partial charge in [-0.1, -0.05) is 26.0 Å². The molecule has 2 N–H and O–H groups in total. The second-order valence-electron chi connectivity index (χ2n) is 6.91. The summed E-state index contributed by atoms with van der Waals surface area (Å²) >= 11 is 1.76. The molecule has 0 aliphatic carbocycles. The number of fused-ring (bicyclic) bond motifs is 1. The first-order valence-corrected chi connectivity index (χ1v) is 9.96. The van der Waals surface area contributed by atoms with Crippen molar-refractivity contribution >= 4 is 29.4 Å². The molecule has 1 aliphatic rings. The Morgan fingerprint density at radius 3 is 2.81 bits per heavy atom. The van der Waals surface area contributed by atoms with Gasteiger partial charge < -0.3 is 10.6 Å². The number of carbonyl (C=O) groups is 2. The SMILES string of the molecule is Cc1cccc(-n2nc3c(c2NC(=O)C(=O)NCCC(C)C)CSC3)c1. The molecule has 2 amide bonds. The average Bonchev–Trinajstić information content (AvgIpc) is 3.17. The quantitative estimate of drug-likeness (QED) is 0.791. The number of hydrogen-bond donors (Lipinski definition) is 2. The summed E-state index contributed by atoms with van der Waals surface area (Å²) in [5.41, 5.74) is 3.95. The first-order valence-electron chi connectivity index (χ1n) is 8.80. The summed E-state index contributed by atoms with van der Waals surface area (Å²) in [5, 5.41) is 10.1. The van der Waals surface area contributed by atoms with Gasteiger partial charge >= 0.3 is 11.8 Å². The Morgan fingerprint density at radius 2 is 2.08 bits per heavy atom. The molecule has 7 heteroatoms. The zero-order valence-corrected chi connectivity index (χ0v) is 16.2. The fraction of sp³-hybridized carbons (Fsp3) is 0.421. The second kappa shape index (κ2) is 7.95. The maximum absolute atomic E-state index is 12.4. The molecule has 0 saturated carbocycles. The second-order valence-corrected chi connectivity index (χ2v) is 7.90. The van der Waals surface area contributed by atoms with Crippen molar-refractivity contribution in [2.75, 3.05) is 11.9 Å². The summed E-state index contributed by atoms with van der Waals surface area (Å²) < 4.78 is 1.73. The van der Waals surface area contributed by atoms with Gasteiger partial charge in [0.15, 0.2) is 0 Å². The van der Waals surface area contributed by atoms with E-state index in [1.54, 1.807) is 16.4 Å². The molecular weight excluding hydrogens is 348 g/mol. The normalized spacial score (nSPS) is 12.9. The number of benzene rings is 1. The first kappa shape index (κ1) is 18.5. The fourth-order valence-electron chi connectivity index (χ4n) is 2.81. The van der Waals surface area contributed by atoms with Crippen LogP contribution in [0.25, 0.3) is 5.69 Å². The molecule has 1 aliphatic heterocycles. The Balaban J connectivity index is 1.81. The third-order valence-corrected chi connectivity index (χ3v) is 5.21. The Bertz CT molecular complexity index is 829. The number of amides is 2. The van der Waals surface area contributed by atoms with Gasteiger partial charge in [0.25, 0.3) is 0 Å². The largest absolute Gasteiger partial charge is 0.348 e. The van der Waals surface area contributed by atoms with Gasteiger partial charge in [-0.05, 0) is 37.0 Å². The van der Waals surface area contributed by atoms with E-state index in [4.69, 9.17) is 0 Å². The maximum atomic E-state index is 12.4. The van der Waals surface area contributed by atoms with Gasteiger partial charge in [0.1, 0.15) is 5.82 Å². The van der Waals surface area contributed by atoms with Gasteiger partial charge in [-0.2, -0.15) is 16.9 Å². The van der Waals surface area contributed by atoms with Crippen LogP contribution >= 0.6 is 11.8 Å². The summed E-state index contributed by atoms with van der Waals surface area (Å²) in [6.45, 7) is 6.66. The summed E-state index contributed by atoms with van der Waals surface area (Å²) in [7, 11) is 0. The van der Waals surface area contributed by atoms with E-state index in [0.717, 1.165) is 40.4 Å². The van der Waals surface area contributed by atoms with Crippen LogP contribution in [0.15, 0.2) is 24.3 Å². The first-order chi connectivity index (χ1) is 12.5. The molecule has 0 unspecified atom stereocenters. The van der Waals surface area contributed by atoms with Gasteiger partial charge in [-0.25, -0.2) is 4.68 Å². The predicted octanol–water partition coefficient (Wildman–Crippen LogP) is 3.03. The number of rotatable bonds is 5. The molecule has 0 spiro atoms. The lowest BCUT2D eigenvalue weighted by atomic mass is 10.1.